The zero-order chi connectivity index (χ0) is 14.9. The zero-order valence-electron chi connectivity index (χ0n) is 10.3. The lowest BCUT2D eigenvalue weighted by atomic mass is 10.1. The van der Waals surface area contributed by atoms with Gasteiger partial charge in [0.15, 0.2) is 0 Å². The van der Waals surface area contributed by atoms with Crippen LogP contribution in [0.2, 0.25) is 0 Å². The predicted octanol–water partition coefficient (Wildman–Crippen LogP) is 5.82. The third kappa shape index (κ3) is 4.07. The summed E-state index contributed by atoms with van der Waals surface area (Å²) < 4.78 is 4.04. The predicted molar refractivity (Wildman–Crippen MR) is 111 cm³/mol. The van der Waals surface area contributed by atoms with Gasteiger partial charge in [0, 0.05) is 15.2 Å². The Balaban J connectivity index is 2.33. The van der Waals surface area contributed by atoms with Crippen molar-refractivity contribution in [2.45, 2.75) is 6.92 Å². The fraction of sp³-hybridized carbons (Fsp3) is 0.0714. The summed E-state index contributed by atoms with van der Waals surface area (Å²) in [6, 6.07) is 9.80. The molecular weight excluding hydrogens is 659 g/mol. The van der Waals surface area contributed by atoms with Crippen LogP contribution in [0.1, 0.15) is 15.9 Å². The zero-order valence-corrected chi connectivity index (χ0v) is 18.4. The van der Waals surface area contributed by atoms with Gasteiger partial charge < -0.3 is 5.32 Å². The van der Waals surface area contributed by atoms with E-state index in [1.165, 1.54) is 0 Å². The highest BCUT2D eigenvalue weighted by Gasteiger charge is 2.14. The Bertz CT molecular complexity index is 665. The number of carbonyl (C=O) groups is 1. The molecule has 0 aromatic heterocycles. The molecule has 2 rings (SSSR count). The maximum Gasteiger partial charge on any atom is 0.256 e. The van der Waals surface area contributed by atoms with E-state index in [9.17, 15) is 4.79 Å². The van der Waals surface area contributed by atoms with E-state index in [2.05, 4.69) is 89.0 Å². The van der Waals surface area contributed by atoms with Crippen LogP contribution < -0.4 is 5.32 Å². The van der Waals surface area contributed by atoms with Crippen LogP contribution in [0.5, 0.6) is 0 Å². The van der Waals surface area contributed by atoms with Crippen molar-refractivity contribution in [2.24, 2.45) is 0 Å². The first-order valence-corrected chi connectivity index (χ1v) is 9.63. The Hall–Kier alpha value is 0.580. The van der Waals surface area contributed by atoms with Crippen LogP contribution in [0.3, 0.4) is 0 Å². The summed E-state index contributed by atoms with van der Waals surface area (Å²) in [7, 11) is 0. The SMILES string of the molecule is Cc1ccc(C(=O)Nc2c(I)cc(I)cc2I)c(Br)c1. The average molecular weight is 668 g/mol. The van der Waals surface area contributed by atoms with E-state index in [4.69, 9.17) is 0 Å². The monoisotopic (exact) mass is 667 g/mol. The minimum Gasteiger partial charge on any atom is -0.320 e. The van der Waals surface area contributed by atoms with E-state index < -0.39 is 0 Å². The molecule has 20 heavy (non-hydrogen) atoms. The second-order valence-electron chi connectivity index (χ2n) is 4.18. The molecule has 0 aliphatic rings. The van der Waals surface area contributed by atoms with Gasteiger partial charge >= 0.3 is 0 Å². The van der Waals surface area contributed by atoms with Gasteiger partial charge in [-0.05, 0) is 120 Å². The highest BCUT2D eigenvalue weighted by Crippen LogP contribution is 2.28. The van der Waals surface area contributed by atoms with Crippen LogP contribution in [0.4, 0.5) is 5.69 Å². The van der Waals surface area contributed by atoms with Crippen LogP contribution in [-0.4, -0.2) is 5.91 Å². The Morgan fingerprint density at radius 1 is 1.10 bits per heavy atom. The number of anilines is 1. The molecular formula is C14H9BrI3NO. The van der Waals surface area contributed by atoms with Gasteiger partial charge in [0.1, 0.15) is 0 Å². The average Bonchev–Trinajstić information content (AvgIpc) is 2.33. The summed E-state index contributed by atoms with van der Waals surface area (Å²) in [5.74, 6) is -0.103. The molecule has 0 spiro atoms. The highest BCUT2D eigenvalue weighted by atomic mass is 127. The normalized spacial score (nSPS) is 10.4. The number of benzene rings is 2. The maximum absolute atomic E-state index is 12.4. The standard InChI is InChI=1S/C14H9BrI3NO/c1-7-2-3-9(10(15)4-7)14(20)19-13-11(17)5-8(16)6-12(13)18/h2-6H,1H3,(H,19,20). The summed E-state index contributed by atoms with van der Waals surface area (Å²) in [6.07, 6.45) is 0. The Kier molecular flexibility index (Phi) is 6.12. The van der Waals surface area contributed by atoms with Gasteiger partial charge in [0.05, 0.1) is 11.3 Å². The Labute approximate surface area is 167 Å². The van der Waals surface area contributed by atoms with Crippen molar-refractivity contribution in [3.05, 3.63) is 56.6 Å². The number of rotatable bonds is 2. The van der Waals surface area contributed by atoms with Crippen LogP contribution in [0.25, 0.3) is 0 Å². The van der Waals surface area contributed by atoms with E-state index in [1.54, 1.807) is 0 Å². The molecule has 0 saturated carbocycles. The van der Waals surface area contributed by atoms with E-state index in [0.29, 0.717) is 5.56 Å². The minimum atomic E-state index is -0.103. The smallest absolute Gasteiger partial charge is 0.256 e. The highest BCUT2D eigenvalue weighted by molar-refractivity contribution is 14.1. The number of hydrogen-bond donors (Lipinski definition) is 1. The van der Waals surface area contributed by atoms with Gasteiger partial charge in [-0.15, -0.1) is 0 Å². The Morgan fingerprint density at radius 2 is 1.70 bits per heavy atom. The lowest BCUT2D eigenvalue weighted by Crippen LogP contribution is -2.14. The molecule has 0 unspecified atom stereocenters. The number of nitrogens with one attached hydrogen (secondary N) is 1. The van der Waals surface area contributed by atoms with Crippen molar-refractivity contribution in [3.63, 3.8) is 0 Å². The van der Waals surface area contributed by atoms with Gasteiger partial charge in [0.25, 0.3) is 5.91 Å². The number of hydrogen-bond acceptors (Lipinski definition) is 1. The van der Waals surface area contributed by atoms with E-state index in [-0.39, 0.29) is 5.91 Å². The molecule has 6 heteroatoms. The molecule has 2 nitrogen and oxygen atoms in total. The molecule has 0 atom stereocenters. The fourth-order valence-electron chi connectivity index (χ4n) is 1.65. The summed E-state index contributed by atoms with van der Waals surface area (Å²) in [5.41, 5.74) is 2.62. The van der Waals surface area contributed by atoms with Crippen LogP contribution in [0.15, 0.2) is 34.8 Å². The molecule has 104 valence electrons. The molecule has 0 fully saturated rings. The number of aryl methyl sites for hydroxylation is 1. The van der Waals surface area contributed by atoms with Crippen LogP contribution in [-0.2, 0) is 0 Å². The molecule has 0 heterocycles. The van der Waals surface area contributed by atoms with E-state index in [0.717, 1.165) is 26.4 Å². The van der Waals surface area contributed by atoms with Gasteiger partial charge in [-0.25, -0.2) is 0 Å². The molecule has 2 aromatic carbocycles. The minimum absolute atomic E-state index is 0.103. The first-order valence-electron chi connectivity index (χ1n) is 5.60. The van der Waals surface area contributed by atoms with Crippen molar-refractivity contribution in [1.29, 1.82) is 0 Å². The topological polar surface area (TPSA) is 29.1 Å². The summed E-state index contributed by atoms with van der Waals surface area (Å²) >= 11 is 10.2. The molecule has 0 saturated heterocycles. The summed E-state index contributed by atoms with van der Waals surface area (Å²) in [4.78, 5) is 12.4. The van der Waals surface area contributed by atoms with Crippen LogP contribution in [0, 0.1) is 17.6 Å². The van der Waals surface area contributed by atoms with Crippen molar-refractivity contribution in [2.75, 3.05) is 5.32 Å². The summed E-state index contributed by atoms with van der Waals surface area (Å²) in [6.45, 7) is 2.00. The second-order valence-corrected chi connectivity index (χ2v) is 8.61. The van der Waals surface area contributed by atoms with Crippen molar-refractivity contribution in [3.8, 4) is 0 Å². The van der Waals surface area contributed by atoms with Gasteiger partial charge in [-0.3, -0.25) is 4.79 Å². The molecule has 0 bridgehead atoms. The summed E-state index contributed by atoms with van der Waals surface area (Å²) in [5, 5.41) is 3.00. The first-order chi connectivity index (χ1) is 9.38. The van der Waals surface area contributed by atoms with Crippen molar-refractivity contribution >= 4 is 95.3 Å². The van der Waals surface area contributed by atoms with Gasteiger partial charge in [0.2, 0.25) is 0 Å². The largest absolute Gasteiger partial charge is 0.320 e. The number of amides is 1. The van der Waals surface area contributed by atoms with E-state index in [1.807, 2.05) is 37.3 Å². The molecule has 0 aliphatic heterocycles. The maximum atomic E-state index is 12.4. The third-order valence-corrected chi connectivity index (χ3v) is 5.60. The van der Waals surface area contributed by atoms with E-state index >= 15 is 0 Å². The molecule has 0 radical (unpaired) electrons. The fourth-order valence-corrected chi connectivity index (χ4v) is 6.17. The number of carbonyl (C=O) groups excluding carboxylic acids is 1. The molecule has 1 amide bonds. The quantitative estimate of drug-likeness (QED) is 0.402. The van der Waals surface area contributed by atoms with Gasteiger partial charge in [-0.1, -0.05) is 6.07 Å². The lowest BCUT2D eigenvalue weighted by molar-refractivity contribution is 0.102. The van der Waals surface area contributed by atoms with Crippen molar-refractivity contribution < 1.29 is 4.79 Å². The number of halogens is 4. The Morgan fingerprint density at radius 3 is 2.25 bits per heavy atom. The third-order valence-electron chi connectivity index (χ3n) is 2.61. The van der Waals surface area contributed by atoms with Crippen LogP contribution >= 0.6 is 83.7 Å². The second kappa shape index (κ2) is 7.23. The lowest BCUT2D eigenvalue weighted by Gasteiger charge is -2.11. The van der Waals surface area contributed by atoms with Gasteiger partial charge in [-0.2, -0.15) is 0 Å². The molecule has 2 aromatic rings. The molecule has 1 N–H and O–H groups in total. The first kappa shape index (κ1) is 16.9. The van der Waals surface area contributed by atoms with Crippen molar-refractivity contribution in [1.82, 2.24) is 0 Å². The molecule has 0 aliphatic carbocycles.